The van der Waals surface area contributed by atoms with Crippen LogP contribution in [0.3, 0.4) is 0 Å². The number of amides is 1. The molecule has 2 aromatic carbocycles. The minimum atomic E-state index is -0.282. The molecule has 1 amide bonds. The van der Waals surface area contributed by atoms with Crippen LogP contribution in [0, 0.1) is 0 Å². The van der Waals surface area contributed by atoms with Crippen molar-refractivity contribution in [2.75, 3.05) is 16.4 Å². The molecule has 6 nitrogen and oxygen atoms in total. The summed E-state index contributed by atoms with van der Waals surface area (Å²) < 4.78 is 5.10. The summed E-state index contributed by atoms with van der Waals surface area (Å²) in [6.45, 7) is 0. The fourth-order valence-electron chi connectivity index (χ4n) is 2.79. The number of pyridine rings is 1. The first-order chi connectivity index (χ1) is 13.7. The van der Waals surface area contributed by atoms with Crippen LogP contribution in [0.2, 0.25) is 0 Å². The molecule has 0 saturated carbocycles. The number of furan rings is 1. The summed E-state index contributed by atoms with van der Waals surface area (Å²) in [4.78, 5) is 16.4. The highest BCUT2D eigenvalue weighted by Gasteiger charge is 2.09. The van der Waals surface area contributed by atoms with Crippen molar-refractivity contribution in [1.29, 1.82) is 0 Å². The quantitative estimate of drug-likeness (QED) is 0.434. The lowest BCUT2D eigenvalue weighted by atomic mass is 10.1. The van der Waals surface area contributed by atoms with E-state index in [1.807, 2.05) is 60.7 Å². The second-order valence-electron chi connectivity index (χ2n) is 6.19. The second-order valence-corrected chi connectivity index (χ2v) is 6.19. The molecule has 138 valence electrons. The Morgan fingerprint density at radius 2 is 1.75 bits per heavy atom. The number of nitrogens with two attached hydrogens (primary N) is 1. The first-order valence-corrected chi connectivity index (χ1v) is 8.71. The van der Waals surface area contributed by atoms with Crippen LogP contribution >= 0.6 is 0 Å². The minimum absolute atomic E-state index is 0.274. The fraction of sp³-hybridized carbons (Fsp3) is 0. The molecule has 4 N–H and O–H groups in total. The number of benzene rings is 2. The molecule has 0 unspecified atom stereocenters. The van der Waals surface area contributed by atoms with Crippen LogP contribution in [0.25, 0.3) is 11.1 Å². The highest BCUT2D eigenvalue weighted by Crippen LogP contribution is 2.25. The number of anilines is 4. The van der Waals surface area contributed by atoms with E-state index < -0.39 is 0 Å². The predicted molar refractivity (Wildman–Crippen MR) is 110 cm³/mol. The van der Waals surface area contributed by atoms with Gasteiger partial charge in [0.25, 0.3) is 5.91 Å². The summed E-state index contributed by atoms with van der Waals surface area (Å²) in [6, 6.07) is 22.3. The Morgan fingerprint density at radius 3 is 2.50 bits per heavy atom. The molecular weight excluding hydrogens is 352 g/mol. The van der Waals surface area contributed by atoms with E-state index in [2.05, 4.69) is 15.6 Å². The van der Waals surface area contributed by atoms with Crippen molar-refractivity contribution >= 4 is 28.8 Å². The first-order valence-electron chi connectivity index (χ1n) is 8.71. The van der Waals surface area contributed by atoms with Gasteiger partial charge in [-0.1, -0.05) is 18.2 Å². The maximum atomic E-state index is 12.0. The van der Waals surface area contributed by atoms with Crippen LogP contribution in [0.4, 0.5) is 22.9 Å². The average molecular weight is 370 g/mol. The van der Waals surface area contributed by atoms with E-state index in [0.717, 1.165) is 22.6 Å². The van der Waals surface area contributed by atoms with Crippen molar-refractivity contribution in [3.05, 3.63) is 91.0 Å². The number of carbonyl (C=O) groups excluding carboxylic acids is 1. The van der Waals surface area contributed by atoms with E-state index in [0.29, 0.717) is 11.4 Å². The van der Waals surface area contributed by atoms with Crippen molar-refractivity contribution < 1.29 is 9.21 Å². The second kappa shape index (κ2) is 7.67. The molecule has 2 heterocycles. The molecule has 4 aromatic rings. The fourth-order valence-corrected chi connectivity index (χ4v) is 2.79. The van der Waals surface area contributed by atoms with Gasteiger partial charge in [-0.3, -0.25) is 4.79 Å². The highest BCUT2D eigenvalue weighted by atomic mass is 16.3. The van der Waals surface area contributed by atoms with Gasteiger partial charge in [-0.05, 0) is 65.7 Å². The van der Waals surface area contributed by atoms with E-state index in [4.69, 9.17) is 10.2 Å². The third-order valence-corrected chi connectivity index (χ3v) is 4.14. The summed E-state index contributed by atoms with van der Waals surface area (Å²) in [6.07, 6.45) is 3.22. The van der Waals surface area contributed by atoms with Gasteiger partial charge in [0, 0.05) is 23.3 Å². The molecule has 0 spiro atoms. The third kappa shape index (κ3) is 4.02. The van der Waals surface area contributed by atoms with Gasteiger partial charge >= 0.3 is 0 Å². The summed E-state index contributed by atoms with van der Waals surface area (Å²) in [5, 5.41) is 6.05. The molecule has 2 aromatic heterocycles. The number of nitrogens with zero attached hydrogens (tertiary/aromatic N) is 1. The maximum absolute atomic E-state index is 12.0. The highest BCUT2D eigenvalue weighted by molar-refractivity contribution is 6.02. The topological polar surface area (TPSA) is 93.2 Å². The third-order valence-electron chi connectivity index (χ3n) is 4.14. The van der Waals surface area contributed by atoms with Crippen molar-refractivity contribution in [2.45, 2.75) is 0 Å². The number of rotatable bonds is 5. The number of aromatic nitrogens is 1. The van der Waals surface area contributed by atoms with Crippen LogP contribution in [0.15, 0.2) is 89.7 Å². The molecule has 0 aliphatic heterocycles. The number of hydrogen-bond donors (Lipinski definition) is 3. The van der Waals surface area contributed by atoms with Crippen LogP contribution in [0.5, 0.6) is 0 Å². The largest absolute Gasteiger partial charge is 0.459 e. The van der Waals surface area contributed by atoms with Gasteiger partial charge in [0.05, 0.1) is 6.26 Å². The van der Waals surface area contributed by atoms with Gasteiger partial charge < -0.3 is 20.8 Å². The summed E-state index contributed by atoms with van der Waals surface area (Å²) in [5.41, 5.74) is 10.1. The lowest BCUT2D eigenvalue weighted by Gasteiger charge is -2.09. The van der Waals surface area contributed by atoms with Crippen LogP contribution in [0.1, 0.15) is 10.6 Å². The number of hydrogen-bond acceptors (Lipinski definition) is 5. The normalized spacial score (nSPS) is 10.4. The van der Waals surface area contributed by atoms with Crippen LogP contribution in [-0.2, 0) is 0 Å². The van der Waals surface area contributed by atoms with Gasteiger partial charge in [0.2, 0.25) is 0 Å². The van der Waals surface area contributed by atoms with Gasteiger partial charge in [-0.2, -0.15) is 0 Å². The number of nitrogen functional groups attached to an aromatic ring is 1. The molecule has 4 rings (SSSR count). The van der Waals surface area contributed by atoms with Gasteiger partial charge in [0.15, 0.2) is 5.76 Å². The number of nitrogens with one attached hydrogen (secondary N) is 2. The predicted octanol–water partition coefficient (Wildman–Crippen LogP) is 4.92. The van der Waals surface area contributed by atoms with Crippen LogP contribution < -0.4 is 16.4 Å². The molecule has 0 radical (unpaired) electrons. The Morgan fingerprint density at radius 1 is 0.893 bits per heavy atom. The summed E-state index contributed by atoms with van der Waals surface area (Å²) in [7, 11) is 0. The lowest BCUT2D eigenvalue weighted by Crippen LogP contribution is -2.10. The molecule has 0 fully saturated rings. The maximum Gasteiger partial charge on any atom is 0.291 e. The zero-order chi connectivity index (χ0) is 19.3. The van der Waals surface area contributed by atoms with Gasteiger partial charge in [-0.15, -0.1) is 0 Å². The Hall–Kier alpha value is -4.06. The van der Waals surface area contributed by atoms with E-state index >= 15 is 0 Å². The van der Waals surface area contributed by atoms with Crippen molar-refractivity contribution in [1.82, 2.24) is 4.98 Å². The van der Waals surface area contributed by atoms with E-state index in [9.17, 15) is 4.79 Å². The molecule has 0 atom stereocenters. The zero-order valence-corrected chi connectivity index (χ0v) is 14.9. The van der Waals surface area contributed by atoms with E-state index in [-0.39, 0.29) is 11.7 Å². The zero-order valence-electron chi connectivity index (χ0n) is 14.9. The Kier molecular flexibility index (Phi) is 4.76. The standard InChI is InChI=1S/C22H18N4O2/c23-17-3-1-4-19(14-17)25-21-13-16(10-11-24-21)15-6-8-18(9-7-15)26-22(27)20-5-2-12-28-20/h1-14H,23H2,(H,24,25)(H,26,27). The molecular formula is C22H18N4O2. The Bertz CT molecular complexity index is 1090. The molecule has 0 aliphatic rings. The van der Waals surface area contributed by atoms with Crippen molar-refractivity contribution in [3.63, 3.8) is 0 Å². The van der Waals surface area contributed by atoms with Crippen molar-refractivity contribution in [2.24, 2.45) is 0 Å². The number of carbonyl (C=O) groups is 1. The summed E-state index contributed by atoms with van der Waals surface area (Å²) in [5.74, 6) is 0.712. The Labute approximate surface area is 162 Å². The molecule has 0 aliphatic carbocycles. The molecule has 28 heavy (non-hydrogen) atoms. The Balaban J connectivity index is 1.49. The van der Waals surface area contributed by atoms with E-state index in [1.54, 1.807) is 18.3 Å². The lowest BCUT2D eigenvalue weighted by molar-refractivity contribution is 0.0996. The summed E-state index contributed by atoms with van der Waals surface area (Å²) >= 11 is 0. The van der Waals surface area contributed by atoms with Crippen LogP contribution in [-0.4, -0.2) is 10.9 Å². The molecule has 6 heteroatoms. The molecule has 0 saturated heterocycles. The molecule has 0 bridgehead atoms. The van der Waals surface area contributed by atoms with Crippen molar-refractivity contribution in [3.8, 4) is 11.1 Å². The van der Waals surface area contributed by atoms with Gasteiger partial charge in [0.1, 0.15) is 5.82 Å². The van der Waals surface area contributed by atoms with E-state index in [1.165, 1.54) is 6.26 Å². The smallest absolute Gasteiger partial charge is 0.291 e. The monoisotopic (exact) mass is 370 g/mol. The SMILES string of the molecule is Nc1cccc(Nc2cc(-c3ccc(NC(=O)c4ccco4)cc3)ccn2)c1. The minimum Gasteiger partial charge on any atom is -0.459 e. The average Bonchev–Trinajstić information content (AvgIpc) is 3.24. The first kappa shape index (κ1) is 17.4. The van der Waals surface area contributed by atoms with Gasteiger partial charge in [-0.25, -0.2) is 4.98 Å².